The van der Waals surface area contributed by atoms with Crippen molar-refractivity contribution in [2.24, 2.45) is 0 Å². The van der Waals surface area contributed by atoms with Crippen molar-refractivity contribution in [3.8, 4) is 0 Å². The number of amides is 1. The number of rotatable bonds is 3. The predicted octanol–water partition coefficient (Wildman–Crippen LogP) is 3.76. The van der Waals surface area contributed by atoms with Gasteiger partial charge in [0.2, 0.25) is 5.76 Å². The van der Waals surface area contributed by atoms with Gasteiger partial charge in [-0.15, -0.1) is 0 Å². The van der Waals surface area contributed by atoms with Crippen LogP contribution in [0.15, 0.2) is 62.3 Å². The van der Waals surface area contributed by atoms with E-state index < -0.39 is 29.2 Å². The number of carbonyl (C=O) groups excluding carboxylic acids is 2. The van der Waals surface area contributed by atoms with E-state index in [2.05, 4.69) is 5.16 Å². The standard InChI is InChI=1S/C23H15FN2O6/c1-11-9-17(25-32-11)26-19(12-3-5-13(6-4-12)23(29)30-2)18-20(27)15-10-14(24)7-8-16(15)31-21(18)22(26)28/h3-10,19H,1-2H3/t19-/m0/s1. The zero-order valence-electron chi connectivity index (χ0n) is 16.9. The van der Waals surface area contributed by atoms with Crippen molar-refractivity contribution in [3.63, 3.8) is 0 Å². The largest absolute Gasteiger partial charge is 0.465 e. The SMILES string of the molecule is COC(=O)c1ccc([C@H]2c3c(oc4ccc(F)cc4c3=O)C(=O)N2c2cc(C)on2)cc1. The molecular formula is C23H15FN2O6. The minimum Gasteiger partial charge on any atom is -0.465 e. The van der Waals surface area contributed by atoms with E-state index in [0.717, 1.165) is 12.1 Å². The van der Waals surface area contributed by atoms with Crippen molar-refractivity contribution in [3.05, 3.63) is 92.8 Å². The van der Waals surface area contributed by atoms with Gasteiger partial charge in [0.05, 0.1) is 29.7 Å². The van der Waals surface area contributed by atoms with Gasteiger partial charge in [-0.05, 0) is 42.8 Å². The van der Waals surface area contributed by atoms with E-state index in [0.29, 0.717) is 16.9 Å². The third kappa shape index (κ3) is 2.89. The number of esters is 1. The molecule has 1 amide bonds. The maximum Gasteiger partial charge on any atom is 0.337 e. The van der Waals surface area contributed by atoms with Gasteiger partial charge in [0, 0.05) is 6.07 Å². The van der Waals surface area contributed by atoms with Crippen molar-refractivity contribution >= 4 is 28.7 Å². The van der Waals surface area contributed by atoms with Crippen LogP contribution in [0.25, 0.3) is 11.0 Å². The van der Waals surface area contributed by atoms with Gasteiger partial charge in [0.15, 0.2) is 11.2 Å². The zero-order valence-corrected chi connectivity index (χ0v) is 16.9. The number of hydrogen-bond donors (Lipinski definition) is 0. The third-order valence-electron chi connectivity index (χ3n) is 5.34. The molecule has 5 rings (SSSR count). The Morgan fingerprint density at radius 3 is 2.53 bits per heavy atom. The Labute approximate surface area is 179 Å². The molecule has 160 valence electrons. The van der Waals surface area contributed by atoms with Crippen LogP contribution in [0.4, 0.5) is 10.2 Å². The molecule has 0 aliphatic carbocycles. The lowest BCUT2D eigenvalue weighted by Crippen LogP contribution is -2.29. The van der Waals surface area contributed by atoms with E-state index in [1.165, 1.54) is 30.2 Å². The molecule has 1 atom stereocenters. The fourth-order valence-electron chi connectivity index (χ4n) is 3.88. The van der Waals surface area contributed by atoms with E-state index >= 15 is 0 Å². The molecule has 32 heavy (non-hydrogen) atoms. The van der Waals surface area contributed by atoms with Gasteiger partial charge in [0.1, 0.15) is 17.2 Å². The smallest absolute Gasteiger partial charge is 0.337 e. The summed E-state index contributed by atoms with van der Waals surface area (Å²) in [6, 6.07) is 10.4. The van der Waals surface area contributed by atoms with E-state index in [1.54, 1.807) is 25.1 Å². The summed E-state index contributed by atoms with van der Waals surface area (Å²) in [6.07, 6.45) is 0. The van der Waals surface area contributed by atoms with Crippen LogP contribution in [-0.2, 0) is 4.74 Å². The predicted molar refractivity (Wildman–Crippen MR) is 110 cm³/mol. The number of anilines is 1. The number of ether oxygens (including phenoxy) is 1. The zero-order chi connectivity index (χ0) is 22.6. The minimum atomic E-state index is -0.919. The molecule has 9 heteroatoms. The molecule has 0 saturated carbocycles. The second-order valence-corrected chi connectivity index (χ2v) is 7.30. The van der Waals surface area contributed by atoms with E-state index in [4.69, 9.17) is 13.7 Å². The number of nitrogens with zero attached hydrogens (tertiary/aromatic N) is 2. The first-order chi connectivity index (χ1) is 15.4. The Morgan fingerprint density at radius 2 is 1.88 bits per heavy atom. The van der Waals surface area contributed by atoms with Gasteiger partial charge in [-0.3, -0.25) is 14.5 Å². The maximum absolute atomic E-state index is 13.8. The van der Waals surface area contributed by atoms with Gasteiger partial charge >= 0.3 is 5.97 Å². The number of hydrogen-bond acceptors (Lipinski definition) is 7. The molecule has 0 radical (unpaired) electrons. The van der Waals surface area contributed by atoms with Crippen LogP contribution in [0.3, 0.4) is 0 Å². The van der Waals surface area contributed by atoms with Crippen LogP contribution in [0.5, 0.6) is 0 Å². The van der Waals surface area contributed by atoms with Crippen LogP contribution in [0, 0.1) is 12.7 Å². The van der Waals surface area contributed by atoms with Gasteiger partial charge in [0.25, 0.3) is 5.91 Å². The van der Waals surface area contributed by atoms with Crippen molar-refractivity contribution in [1.29, 1.82) is 0 Å². The van der Waals surface area contributed by atoms with E-state index in [9.17, 15) is 18.8 Å². The highest BCUT2D eigenvalue weighted by Crippen LogP contribution is 2.41. The topological polar surface area (TPSA) is 103 Å². The molecule has 1 aliphatic rings. The number of benzene rings is 2. The molecule has 0 fully saturated rings. The molecule has 0 bridgehead atoms. The molecule has 0 unspecified atom stereocenters. The summed E-state index contributed by atoms with van der Waals surface area (Å²) >= 11 is 0. The molecular weight excluding hydrogens is 419 g/mol. The summed E-state index contributed by atoms with van der Waals surface area (Å²) in [5.41, 5.74) is 0.450. The van der Waals surface area contributed by atoms with Crippen LogP contribution >= 0.6 is 0 Å². The number of methoxy groups -OCH3 is 1. The van der Waals surface area contributed by atoms with Crippen LogP contribution in [-0.4, -0.2) is 24.1 Å². The molecule has 8 nitrogen and oxygen atoms in total. The molecule has 4 aromatic rings. The first-order valence-electron chi connectivity index (χ1n) is 9.60. The van der Waals surface area contributed by atoms with Crippen molar-refractivity contribution in [2.45, 2.75) is 13.0 Å². The molecule has 2 aromatic heterocycles. The summed E-state index contributed by atoms with van der Waals surface area (Å²) < 4.78 is 29.4. The number of fused-ring (bicyclic) bond motifs is 2. The summed E-state index contributed by atoms with van der Waals surface area (Å²) in [5.74, 6) is -1.21. The second-order valence-electron chi connectivity index (χ2n) is 7.30. The molecule has 3 heterocycles. The Kier molecular flexibility index (Phi) is 4.40. The van der Waals surface area contributed by atoms with Gasteiger partial charge < -0.3 is 13.7 Å². The molecule has 0 spiro atoms. The van der Waals surface area contributed by atoms with E-state index in [-0.39, 0.29) is 28.1 Å². The van der Waals surface area contributed by atoms with Crippen LogP contribution in [0.1, 0.15) is 43.8 Å². The lowest BCUT2D eigenvalue weighted by Gasteiger charge is -2.22. The number of carbonyl (C=O) groups is 2. The average Bonchev–Trinajstić information content (AvgIpc) is 3.35. The Bertz CT molecular complexity index is 1450. The summed E-state index contributed by atoms with van der Waals surface area (Å²) in [4.78, 5) is 39.8. The normalized spacial score (nSPS) is 15.3. The third-order valence-corrected chi connectivity index (χ3v) is 5.34. The summed E-state index contributed by atoms with van der Waals surface area (Å²) in [7, 11) is 1.27. The molecule has 2 aromatic carbocycles. The van der Waals surface area contributed by atoms with Crippen molar-refractivity contribution < 1.29 is 27.7 Å². The maximum atomic E-state index is 13.8. The molecule has 0 N–H and O–H groups in total. The van der Waals surface area contributed by atoms with Crippen molar-refractivity contribution in [2.75, 3.05) is 12.0 Å². The summed E-state index contributed by atoms with van der Waals surface area (Å²) in [5, 5.41) is 3.95. The van der Waals surface area contributed by atoms with Crippen molar-refractivity contribution in [1.82, 2.24) is 5.16 Å². The van der Waals surface area contributed by atoms with Crippen LogP contribution in [0.2, 0.25) is 0 Å². The first kappa shape index (κ1) is 19.7. The highest BCUT2D eigenvalue weighted by atomic mass is 19.1. The van der Waals surface area contributed by atoms with Gasteiger partial charge in [-0.25, -0.2) is 9.18 Å². The summed E-state index contributed by atoms with van der Waals surface area (Å²) in [6.45, 7) is 1.67. The number of aryl methyl sites for hydroxylation is 1. The lowest BCUT2D eigenvalue weighted by atomic mass is 9.97. The highest BCUT2D eigenvalue weighted by Gasteiger charge is 2.45. The first-order valence-corrected chi connectivity index (χ1v) is 9.60. The number of halogens is 1. The van der Waals surface area contributed by atoms with E-state index in [1.807, 2.05) is 0 Å². The molecule has 1 aliphatic heterocycles. The highest BCUT2D eigenvalue weighted by molar-refractivity contribution is 6.10. The monoisotopic (exact) mass is 434 g/mol. The minimum absolute atomic E-state index is 0.0194. The Morgan fingerprint density at radius 1 is 1.12 bits per heavy atom. The fourth-order valence-corrected chi connectivity index (χ4v) is 3.88. The lowest BCUT2D eigenvalue weighted by molar-refractivity contribution is 0.0600. The van der Waals surface area contributed by atoms with Gasteiger partial charge in [-0.1, -0.05) is 17.3 Å². The molecule has 0 saturated heterocycles. The van der Waals surface area contributed by atoms with Gasteiger partial charge in [-0.2, -0.15) is 0 Å². The Balaban J connectivity index is 1.76. The van der Waals surface area contributed by atoms with Crippen LogP contribution < -0.4 is 10.3 Å². The fraction of sp³-hybridized carbons (Fsp3) is 0.130. The quantitative estimate of drug-likeness (QED) is 0.452. The second kappa shape index (κ2) is 7.16. The Hall–Kier alpha value is -4.27. The average molecular weight is 434 g/mol. The number of aromatic nitrogens is 1.